The SMILES string of the molecule is CC1(C(=O)O)C=C(c2ccc3c(c2)C(C)(C)OC(=O)N3)C=C(C(=O)O)C1. The molecular formula is C19H19NO6. The molecule has 3 rings (SSSR count). The summed E-state index contributed by atoms with van der Waals surface area (Å²) in [5.74, 6) is -2.23. The molecular weight excluding hydrogens is 338 g/mol. The first-order valence-corrected chi connectivity index (χ1v) is 8.07. The number of allylic oxidation sites excluding steroid dienone is 2. The highest BCUT2D eigenvalue weighted by molar-refractivity contribution is 5.96. The Labute approximate surface area is 150 Å². The minimum Gasteiger partial charge on any atom is -0.481 e. The number of fused-ring (bicyclic) bond motifs is 1. The van der Waals surface area contributed by atoms with Crippen molar-refractivity contribution in [2.45, 2.75) is 32.8 Å². The average molecular weight is 357 g/mol. The third-order valence-electron chi connectivity index (χ3n) is 4.71. The molecule has 1 aliphatic heterocycles. The summed E-state index contributed by atoms with van der Waals surface area (Å²) in [6.45, 7) is 5.00. The van der Waals surface area contributed by atoms with Crippen molar-refractivity contribution in [1.82, 2.24) is 0 Å². The van der Waals surface area contributed by atoms with Crippen LogP contribution in [0.3, 0.4) is 0 Å². The van der Waals surface area contributed by atoms with Crippen LogP contribution in [-0.2, 0) is 19.9 Å². The van der Waals surface area contributed by atoms with Gasteiger partial charge < -0.3 is 14.9 Å². The molecule has 1 heterocycles. The molecule has 26 heavy (non-hydrogen) atoms. The van der Waals surface area contributed by atoms with Gasteiger partial charge in [0.1, 0.15) is 5.60 Å². The number of hydrogen-bond donors (Lipinski definition) is 3. The van der Waals surface area contributed by atoms with Crippen LogP contribution in [0.25, 0.3) is 5.57 Å². The van der Waals surface area contributed by atoms with Crippen LogP contribution in [0.1, 0.15) is 38.3 Å². The monoisotopic (exact) mass is 357 g/mol. The van der Waals surface area contributed by atoms with E-state index < -0.39 is 29.0 Å². The zero-order chi connectivity index (χ0) is 19.3. The van der Waals surface area contributed by atoms with E-state index in [0.717, 1.165) is 5.56 Å². The van der Waals surface area contributed by atoms with Crippen molar-refractivity contribution in [3.63, 3.8) is 0 Å². The summed E-state index contributed by atoms with van der Waals surface area (Å²) in [5.41, 5.74) is 0.357. The first-order chi connectivity index (χ1) is 12.0. The fraction of sp³-hybridized carbons (Fsp3) is 0.316. The summed E-state index contributed by atoms with van der Waals surface area (Å²) in [5, 5.41) is 21.5. The Hall–Kier alpha value is -3.09. The molecule has 1 atom stereocenters. The quantitative estimate of drug-likeness (QED) is 0.764. The maximum atomic E-state index is 11.7. The third-order valence-corrected chi connectivity index (χ3v) is 4.71. The van der Waals surface area contributed by atoms with Crippen LogP contribution in [0.4, 0.5) is 10.5 Å². The van der Waals surface area contributed by atoms with Crippen LogP contribution in [-0.4, -0.2) is 28.2 Å². The van der Waals surface area contributed by atoms with Crippen LogP contribution in [0.15, 0.2) is 35.9 Å². The Morgan fingerprint density at radius 1 is 1.19 bits per heavy atom. The molecule has 0 aromatic heterocycles. The fourth-order valence-electron chi connectivity index (χ4n) is 3.26. The van der Waals surface area contributed by atoms with E-state index in [1.807, 2.05) is 0 Å². The lowest BCUT2D eigenvalue weighted by Crippen LogP contribution is -2.34. The second-order valence-electron chi connectivity index (χ2n) is 7.26. The molecule has 1 unspecified atom stereocenters. The van der Waals surface area contributed by atoms with E-state index in [0.29, 0.717) is 16.8 Å². The van der Waals surface area contributed by atoms with Gasteiger partial charge in [0.2, 0.25) is 0 Å². The number of cyclic esters (lactones) is 1. The number of carboxylic acid groups (broad SMARTS) is 2. The number of anilines is 1. The Morgan fingerprint density at radius 2 is 1.88 bits per heavy atom. The topological polar surface area (TPSA) is 113 Å². The predicted octanol–water partition coefficient (Wildman–Crippen LogP) is 3.37. The van der Waals surface area contributed by atoms with E-state index in [2.05, 4.69) is 5.32 Å². The highest BCUT2D eigenvalue weighted by Crippen LogP contribution is 2.41. The summed E-state index contributed by atoms with van der Waals surface area (Å²) >= 11 is 0. The molecule has 2 aliphatic rings. The zero-order valence-electron chi connectivity index (χ0n) is 14.6. The van der Waals surface area contributed by atoms with Gasteiger partial charge in [0, 0.05) is 11.1 Å². The van der Waals surface area contributed by atoms with Gasteiger partial charge in [0.25, 0.3) is 0 Å². The van der Waals surface area contributed by atoms with E-state index in [-0.39, 0.29) is 12.0 Å². The number of benzene rings is 1. The Balaban J connectivity index is 2.13. The number of carboxylic acids is 2. The van der Waals surface area contributed by atoms with E-state index in [1.54, 1.807) is 38.1 Å². The first kappa shape index (κ1) is 17.7. The van der Waals surface area contributed by atoms with Crippen LogP contribution >= 0.6 is 0 Å². The third kappa shape index (κ3) is 2.96. The van der Waals surface area contributed by atoms with E-state index in [9.17, 15) is 24.6 Å². The molecule has 1 aliphatic carbocycles. The molecule has 1 aromatic rings. The van der Waals surface area contributed by atoms with Crippen molar-refractivity contribution < 1.29 is 29.3 Å². The maximum absolute atomic E-state index is 11.7. The van der Waals surface area contributed by atoms with Crippen molar-refractivity contribution in [2.75, 3.05) is 5.32 Å². The number of hydrogen-bond acceptors (Lipinski definition) is 4. The van der Waals surface area contributed by atoms with E-state index >= 15 is 0 Å². The largest absolute Gasteiger partial charge is 0.481 e. The van der Waals surface area contributed by atoms with Crippen molar-refractivity contribution >= 4 is 29.3 Å². The number of ether oxygens (including phenoxy) is 1. The Morgan fingerprint density at radius 3 is 2.50 bits per heavy atom. The first-order valence-electron chi connectivity index (χ1n) is 8.07. The molecule has 0 fully saturated rings. The highest BCUT2D eigenvalue weighted by Gasteiger charge is 2.38. The lowest BCUT2D eigenvalue weighted by Gasteiger charge is -2.33. The molecule has 1 amide bonds. The molecule has 0 saturated carbocycles. The number of carbonyl (C=O) groups excluding carboxylic acids is 1. The van der Waals surface area contributed by atoms with E-state index in [4.69, 9.17) is 4.74 Å². The summed E-state index contributed by atoms with van der Waals surface area (Å²) in [6, 6.07) is 5.20. The summed E-state index contributed by atoms with van der Waals surface area (Å²) in [6.07, 6.45) is 2.43. The number of nitrogens with one attached hydrogen (secondary N) is 1. The molecule has 0 saturated heterocycles. The van der Waals surface area contributed by atoms with E-state index in [1.165, 1.54) is 13.0 Å². The van der Waals surface area contributed by atoms with Crippen LogP contribution in [0.5, 0.6) is 0 Å². The van der Waals surface area contributed by atoms with Crippen LogP contribution < -0.4 is 5.32 Å². The van der Waals surface area contributed by atoms with Gasteiger partial charge in [-0.3, -0.25) is 10.1 Å². The number of amides is 1. The van der Waals surface area contributed by atoms with Gasteiger partial charge in [-0.1, -0.05) is 12.1 Å². The van der Waals surface area contributed by atoms with Crippen LogP contribution in [0.2, 0.25) is 0 Å². The maximum Gasteiger partial charge on any atom is 0.412 e. The second-order valence-corrected chi connectivity index (χ2v) is 7.26. The molecule has 1 aromatic carbocycles. The fourth-order valence-corrected chi connectivity index (χ4v) is 3.26. The lowest BCUT2D eigenvalue weighted by molar-refractivity contribution is -0.145. The van der Waals surface area contributed by atoms with Gasteiger partial charge in [-0.15, -0.1) is 0 Å². The Kier molecular flexibility index (Phi) is 3.90. The summed E-state index contributed by atoms with van der Waals surface area (Å²) < 4.78 is 5.31. The molecule has 7 heteroatoms. The Bertz CT molecular complexity index is 895. The van der Waals surface area contributed by atoms with Gasteiger partial charge in [-0.05, 0) is 56.5 Å². The smallest absolute Gasteiger partial charge is 0.412 e. The average Bonchev–Trinajstić information content (AvgIpc) is 2.53. The van der Waals surface area contributed by atoms with Crippen molar-refractivity contribution in [1.29, 1.82) is 0 Å². The minimum absolute atomic E-state index is 0.0360. The van der Waals surface area contributed by atoms with Gasteiger partial charge >= 0.3 is 18.0 Å². The molecule has 0 spiro atoms. The zero-order valence-corrected chi connectivity index (χ0v) is 14.6. The van der Waals surface area contributed by atoms with Gasteiger partial charge in [-0.25, -0.2) is 9.59 Å². The van der Waals surface area contributed by atoms with Crippen molar-refractivity contribution in [2.24, 2.45) is 5.41 Å². The van der Waals surface area contributed by atoms with Crippen molar-refractivity contribution in [3.8, 4) is 0 Å². The molecule has 7 nitrogen and oxygen atoms in total. The minimum atomic E-state index is -1.31. The van der Waals surface area contributed by atoms with Gasteiger partial charge in [0.05, 0.1) is 11.1 Å². The molecule has 3 N–H and O–H groups in total. The van der Waals surface area contributed by atoms with Gasteiger partial charge in [0.15, 0.2) is 0 Å². The summed E-state index contributed by atoms with van der Waals surface area (Å²) in [4.78, 5) is 34.7. The normalized spacial score (nSPS) is 23.7. The van der Waals surface area contributed by atoms with Gasteiger partial charge in [-0.2, -0.15) is 0 Å². The highest BCUT2D eigenvalue weighted by atomic mass is 16.6. The predicted molar refractivity (Wildman–Crippen MR) is 93.6 cm³/mol. The molecule has 0 bridgehead atoms. The van der Waals surface area contributed by atoms with Crippen molar-refractivity contribution in [3.05, 3.63) is 47.1 Å². The second kappa shape index (κ2) is 5.72. The number of rotatable bonds is 3. The number of carbonyl (C=O) groups is 3. The number of aliphatic carboxylic acids is 2. The molecule has 136 valence electrons. The molecule has 0 radical (unpaired) electrons. The standard InChI is InChI=1S/C19H19NO6/c1-18(2)13-7-10(4-5-14(13)20-17(25)26-18)11-6-12(15(21)22)9-19(3,8-11)16(23)24/h4-8H,9H2,1-3H3,(H,20,25)(H,21,22)(H,23,24). The lowest BCUT2D eigenvalue weighted by atomic mass is 9.76. The van der Waals surface area contributed by atoms with Crippen LogP contribution in [0, 0.1) is 5.41 Å². The summed E-state index contributed by atoms with van der Waals surface area (Å²) in [7, 11) is 0.